The SMILES string of the molecule is COc1c(C2CC2)ccc2ccc(-c3nnc4ccc([C@@H](N5CCC(N)C5)C(F)(F)F)cn34)nc12. The van der Waals surface area contributed by atoms with Crippen molar-refractivity contribution in [2.45, 2.75) is 43.4 Å². The van der Waals surface area contributed by atoms with Gasteiger partial charge in [0.15, 0.2) is 11.5 Å². The molecule has 182 valence electrons. The van der Waals surface area contributed by atoms with Crippen LogP contribution in [0.3, 0.4) is 0 Å². The summed E-state index contributed by atoms with van der Waals surface area (Å²) in [5.74, 6) is 1.60. The molecule has 7 nitrogen and oxygen atoms in total. The van der Waals surface area contributed by atoms with Crippen LogP contribution in [0.15, 0.2) is 42.6 Å². The Kier molecular flexibility index (Phi) is 5.19. The molecule has 1 saturated heterocycles. The van der Waals surface area contributed by atoms with Crippen LogP contribution in [-0.4, -0.2) is 56.9 Å². The van der Waals surface area contributed by atoms with Gasteiger partial charge >= 0.3 is 6.18 Å². The van der Waals surface area contributed by atoms with Crippen molar-refractivity contribution in [3.05, 3.63) is 53.7 Å². The number of benzene rings is 1. The summed E-state index contributed by atoms with van der Waals surface area (Å²) in [6, 6.07) is 8.86. The molecule has 1 saturated carbocycles. The van der Waals surface area contributed by atoms with Crippen LogP contribution in [0.2, 0.25) is 0 Å². The molecular formula is C25H25F3N6O. The predicted molar refractivity (Wildman–Crippen MR) is 125 cm³/mol. The van der Waals surface area contributed by atoms with Crippen LogP contribution in [-0.2, 0) is 0 Å². The highest BCUT2D eigenvalue weighted by Gasteiger charge is 2.46. The van der Waals surface area contributed by atoms with Crippen LogP contribution in [0.1, 0.15) is 42.3 Å². The number of aromatic nitrogens is 4. The van der Waals surface area contributed by atoms with Crippen LogP contribution >= 0.6 is 0 Å². The fourth-order valence-electron chi connectivity index (χ4n) is 5.13. The van der Waals surface area contributed by atoms with Crippen LogP contribution in [0.4, 0.5) is 13.2 Å². The summed E-state index contributed by atoms with van der Waals surface area (Å²) < 4.78 is 49.8. The van der Waals surface area contributed by atoms with E-state index >= 15 is 0 Å². The maximum absolute atomic E-state index is 14.2. The number of likely N-dealkylation sites (tertiary alicyclic amines) is 1. The van der Waals surface area contributed by atoms with E-state index in [2.05, 4.69) is 16.3 Å². The Morgan fingerprint density at radius 3 is 2.54 bits per heavy atom. The lowest BCUT2D eigenvalue weighted by atomic mass is 10.1. The highest BCUT2D eigenvalue weighted by atomic mass is 19.4. The van der Waals surface area contributed by atoms with Crippen molar-refractivity contribution in [2.75, 3.05) is 20.2 Å². The summed E-state index contributed by atoms with van der Waals surface area (Å²) in [6.45, 7) is 0.500. The van der Waals surface area contributed by atoms with E-state index in [0.717, 1.165) is 29.5 Å². The molecule has 2 fully saturated rings. The zero-order chi connectivity index (χ0) is 24.3. The topological polar surface area (TPSA) is 81.6 Å². The van der Waals surface area contributed by atoms with Gasteiger partial charge in [-0.15, -0.1) is 10.2 Å². The molecule has 1 aromatic carbocycles. The number of halogens is 3. The van der Waals surface area contributed by atoms with Gasteiger partial charge in [-0.2, -0.15) is 13.2 Å². The van der Waals surface area contributed by atoms with E-state index in [1.54, 1.807) is 17.6 Å². The van der Waals surface area contributed by atoms with Crippen molar-refractivity contribution in [3.63, 3.8) is 0 Å². The van der Waals surface area contributed by atoms with E-state index in [1.807, 2.05) is 18.2 Å². The Balaban J connectivity index is 1.46. The van der Waals surface area contributed by atoms with Crippen LogP contribution in [0.25, 0.3) is 28.1 Å². The number of fused-ring (bicyclic) bond motifs is 2. The largest absolute Gasteiger partial charge is 0.494 e. The summed E-state index contributed by atoms with van der Waals surface area (Å²) >= 11 is 0. The number of nitrogens with two attached hydrogens (primary N) is 1. The maximum Gasteiger partial charge on any atom is 0.408 e. The lowest BCUT2D eigenvalue weighted by Gasteiger charge is -2.30. The highest BCUT2D eigenvalue weighted by molar-refractivity contribution is 5.88. The molecule has 0 bridgehead atoms. The van der Waals surface area contributed by atoms with E-state index in [9.17, 15) is 13.2 Å². The minimum atomic E-state index is -4.44. The maximum atomic E-state index is 14.2. The Morgan fingerprint density at radius 2 is 1.86 bits per heavy atom. The van der Waals surface area contributed by atoms with Gasteiger partial charge in [0.1, 0.15) is 23.0 Å². The molecule has 2 aliphatic rings. The van der Waals surface area contributed by atoms with Gasteiger partial charge in [-0.05, 0) is 48.4 Å². The molecule has 0 radical (unpaired) electrons. The third kappa shape index (κ3) is 3.90. The molecule has 0 spiro atoms. The number of hydrogen-bond donors (Lipinski definition) is 1. The molecule has 2 atom stereocenters. The number of alkyl halides is 3. The molecule has 6 rings (SSSR count). The molecule has 4 heterocycles. The van der Waals surface area contributed by atoms with Crippen LogP contribution < -0.4 is 10.5 Å². The molecule has 10 heteroatoms. The summed E-state index contributed by atoms with van der Waals surface area (Å²) in [5.41, 5.74) is 8.83. The quantitative estimate of drug-likeness (QED) is 0.452. The van der Waals surface area contributed by atoms with Gasteiger partial charge in [-0.25, -0.2) is 4.98 Å². The Labute approximate surface area is 199 Å². The van der Waals surface area contributed by atoms with Gasteiger partial charge in [0.2, 0.25) is 0 Å². The molecule has 1 aliphatic carbocycles. The predicted octanol–water partition coefficient (Wildman–Crippen LogP) is 4.47. The molecular weight excluding hydrogens is 457 g/mol. The highest BCUT2D eigenvalue weighted by Crippen LogP contribution is 2.46. The Bertz CT molecular complexity index is 1410. The number of methoxy groups -OCH3 is 1. The zero-order valence-corrected chi connectivity index (χ0v) is 19.2. The minimum Gasteiger partial charge on any atom is -0.494 e. The van der Waals surface area contributed by atoms with E-state index in [-0.39, 0.29) is 18.2 Å². The molecule has 2 N–H and O–H groups in total. The van der Waals surface area contributed by atoms with E-state index in [4.69, 9.17) is 15.5 Å². The van der Waals surface area contributed by atoms with E-state index in [1.165, 1.54) is 17.2 Å². The number of ether oxygens (including phenoxy) is 1. The second-order valence-electron chi connectivity index (χ2n) is 9.43. The van der Waals surface area contributed by atoms with Gasteiger partial charge in [-0.3, -0.25) is 9.30 Å². The first kappa shape index (κ1) is 22.2. The molecule has 0 amide bonds. The fraction of sp³-hybridized carbons (Fsp3) is 0.400. The first-order valence-electron chi connectivity index (χ1n) is 11.7. The van der Waals surface area contributed by atoms with Crippen molar-refractivity contribution in [1.29, 1.82) is 0 Å². The van der Waals surface area contributed by atoms with Gasteiger partial charge in [0.05, 0.1) is 7.11 Å². The van der Waals surface area contributed by atoms with Crippen LogP contribution in [0.5, 0.6) is 5.75 Å². The van der Waals surface area contributed by atoms with Crippen molar-refractivity contribution < 1.29 is 17.9 Å². The third-order valence-electron chi connectivity index (χ3n) is 6.97. The van der Waals surface area contributed by atoms with Gasteiger partial charge in [0, 0.05) is 30.7 Å². The minimum absolute atomic E-state index is 0.120. The molecule has 1 aliphatic heterocycles. The number of nitrogens with zero attached hydrogens (tertiary/aromatic N) is 5. The summed E-state index contributed by atoms with van der Waals surface area (Å²) in [5, 5.41) is 9.36. The molecule has 1 unspecified atom stereocenters. The van der Waals surface area contributed by atoms with Crippen molar-refractivity contribution in [1.82, 2.24) is 24.5 Å². The molecule has 4 aromatic rings. The summed E-state index contributed by atoms with van der Waals surface area (Å²) in [6.07, 6.45) is -0.183. The van der Waals surface area contributed by atoms with E-state index < -0.39 is 12.2 Å². The van der Waals surface area contributed by atoms with Gasteiger partial charge < -0.3 is 10.5 Å². The van der Waals surface area contributed by atoms with Crippen molar-refractivity contribution in [3.8, 4) is 17.3 Å². The summed E-state index contributed by atoms with van der Waals surface area (Å²) in [7, 11) is 1.63. The van der Waals surface area contributed by atoms with Gasteiger partial charge in [-0.1, -0.05) is 24.3 Å². The second kappa shape index (κ2) is 8.17. The smallest absolute Gasteiger partial charge is 0.408 e. The average molecular weight is 483 g/mol. The first-order valence-corrected chi connectivity index (χ1v) is 11.7. The zero-order valence-electron chi connectivity index (χ0n) is 19.2. The molecule has 3 aromatic heterocycles. The van der Waals surface area contributed by atoms with Crippen molar-refractivity contribution in [2.24, 2.45) is 5.73 Å². The van der Waals surface area contributed by atoms with Gasteiger partial charge in [0.25, 0.3) is 0 Å². The standard InChI is InChI=1S/C25H25F3N6O/c1-35-22-18(14-2-3-14)7-4-15-5-8-19(30-21(15)22)24-32-31-20-9-6-16(12-34(20)24)23(25(26,27)28)33-11-10-17(29)13-33/h4-9,12,14,17,23H,2-3,10-11,13,29H2,1H3/t17?,23-/m1/s1. The third-order valence-corrected chi connectivity index (χ3v) is 6.97. The average Bonchev–Trinajstić information content (AvgIpc) is 3.46. The van der Waals surface area contributed by atoms with Crippen LogP contribution in [0, 0.1) is 0 Å². The lowest BCUT2D eigenvalue weighted by molar-refractivity contribution is -0.183. The first-order chi connectivity index (χ1) is 16.8. The normalized spacial score (nSPS) is 20.1. The summed E-state index contributed by atoms with van der Waals surface area (Å²) in [4.78, 5) is 6.22. The fourth-order valence-corrected chi connectivity index (χ4v) is 5.13. The van der Waals surface area contributed by atoms with E-state index in [0.29, 0.717) is 41.6 Å². The molecule has 35 heavy (non-hydrogen) atoms. The number of hydrogen-bond acceptors (Lipinski definition) is 6. The van der Waals surface area contributed by atoms with Crippen molar-refractivity contribution >= 4 is 16.6 Å². The lowest BCUT2D eigenvalue weighted by Crippen LogP contribution is -2.38. The second-order valence-corrected chi connectivity index (χ2v) is 9.43. The number of pyridine rings is 2. The monoisotopic (exact) mass is 482 g/mol. The number of rotatable bonds is 5. The Morgan fingerprint density at radius 1 is 1.06 bits per heavy atom. The Hall–Kier alpha value is -3.24.